The lowest BCUT2D eigenvalue weighted by Gasteiger charge is -2.08. The maximum Gasteiger partial charge on any atom is 0.406 e. The summed E-state index contributed by atoms with van der Waals surface area (Å²) in [5, 5.41) is 10.7. The topological polar surface area (TPSA) is 123 Å². The van der Waals surface area contributed by atoms with E-state index in [1.54, 1.807) is 30.3 Å². The largest absolute Gasteiger partial charge is 0.476 e. The molecule has 2 amide bonds. The molecule has 0 aliphatic heterocycles. The first kappa shape index (κ1) is 15.9. The van der Waals surface area contributed by atoms with E-state index in [1.807, 2.05) is 0 Å². The zero-order valence-electron chi connectivity index (χ0n) is 11.8. The predicted octanol–water partition coefficient (Wildman–Crippen LogP) is 0.830. The lowest BCUT2D eigenvalue weighted by Crippen LogP contribution is -2.43. The number of nitrogens with one attached hydrogen (secondary N) is 2. The van der Waals surface area contributed by atoms with Crippen molar-refractivity contribution in [1.29, 1.82) is 0 Å². The van der Waals surface area contributed by atoms with Crippen molar-refractivity contribution in [2.45, 2.75) is 0 Å². The number of rotatable bonds is 5. The molecule has 9 heteroatoms. The maximum absolute atomic E-state index is 11.7. The molecular formula is C14H12N4O5. The van der Waals surface area contributed by atoms with Crippen LogP contribution in [-0.2, 0) is 4.79 Å². The standard InChI is InChI=1S/C14H12N4O5/c19-12(16-17-14(20)10-5-2-1-3-6-10)9-23-11-7-4-8-15-13(11)18(21)22/h1-8H,9H2,(H,16,19)(H,17,20). The number of pyridine rings is 1. The highest BCUT2D eigenvalue weighted by atomic mass is 16.6. The lowest BCUT2D eigenvalue weighted by molar-refractivity contribution is -0.390. The lowest BCUT2D eigenvalue weighted by atomic mass is 10.2. The molecule has 0 bridgehead atoms. The summed E-state index contributed by atoms with van der Waals surface area (Å²) in [5.74, 6) is -1.80. The van der Waals surface area contributed by atoms with Crippen LogP contribution in [0.4, 0.5) is 5.82 Å². The molecule has 1 aromatic carbocycles. The van der Waals surface area contributed by atoms with Crippen molar-refractivity contribution in [3.63, 3.8) is 0 Å². The van der Waals surface area contributed by atoms with Crippen molar-refractivity contribution in [2.75, 3.05) is 6.61 Å². The van der Waals surface area contributed by atoms with Gasteiger partial charge in [-0.25, -0.2) is 0 Å². The second-order valence-electron chi connectivity index (χ2n) is 4.24. The Morgan fingerprint density at radius 3 is 2.57 bits per heavy atom. The quantitative estimate of drug-likeness (QED) is 0.622. The Morgan fingerprint density at radius 1 is 1.13 bits per heavy atom. The minimum atomic E-state index is -0.718. The summed E-state index contributed by atoms with van der Waals surface area (Å²) in [5.41, 5.74) is 4.72. The van der Waals surface area contributed by atoms with Crippen LogP contribution in [-0.4, -0.2) is 28.3 Å². The number of hydrogen-bond acceptors (Lipinski definition) is 6. The van der Waals surface area contributed by atoms with E-state index in [9.17, 15) is 19.7 Å². The van der Waals surface area contributed by atoms with Crippen LogP contribution >= 0.6 is 0 Å². The molecule has 0 spiro atoms. The Balaban J connectivity index is 1.84. The summed E-state index contributed by atoms with van der Waals surface area (Å²) in [6.45, 7) is -0.512. The fourth-order valence-electron chi connectivity index (χ4n) is 1.60. The zero-order valence-corrected chi connectivity index (χ0v) is 11.8. The molecule has 2 rings (SSSR count). The van der Waals surface area contributed by atoms with Crippen molar-refractivity contribution >= 4 is 17.6 Å². The van der Waals surface area contributed by atoms with E-state index >= 15 is 0 Å². The molecule has 118 valence electrons. The molecule has 0 fully saturated rings. The fraction of sp³-hybridized carbons (Fsp3) is 0.0714. The minimum absolute atomic E-state index is 0.137. The maximum atomic E-state index is 11.7. The van der Waals surface area contributed by atoms with Gasteiger partial charge in [-0.05, 0) is 34.2 Å². The van der Waals surface area contributed by atoms with Crippen LogP contribution in [0.3, 0.4) is 0 Å². The molecule has 9 nitrogen and oxygen atoms in total. The van der Waals surface area contributed by atoms with Gasteiger partial charge in [0.25, 0.3) is 11.8 Å². The highest BCUT2D eigenvalue weighted by Gasteiger charge is 2.16. The monoisotopic (exact) mass is 316 g/mol. The predicted molar refractivity (Wildman–Crippen MR) is 78.4 cm³/mol. The highest BCUT2D eigenvalue weighted by Crippen LogP contribution is 2.22. The normalized spacial score (nSPS) is 9.74. The third-order valence-corrected chi connectivity index (χ3v) is 2.63. The molecule has 2 aromatic rings. The summed E-state index contributed by atoms with van der Waals surface area (Å²) in [6.07, 6.45) is 1.24. The zero-order chi connectivity index (χ0) is 16.7. The van der Waals surface area contributed by atoms with Gasteiger partial charge in [0.2, 0.25) is 5.75 Å². The Morgan fingerprint density at radius 2 is 1.87 bits per heavy atom. The number of amides is 2. The number of hydrazine groups is 1. The number of benzene rings is 1. The molecule has 2 N–H and O–H groups in total. The SMILES string of the molecule is O=C(COc1cccnc1[N+](=O)[O-])NNC(=O)c1ccccc1. The number of ether oxygens (including phenoxy) is 1. The van der Waals surface area contributed by atoms with Gasteiger partial charge in [-0.1, -0.05) is 18.2 Å². The number of aromatic nitrogens is 1. The van der Waals surface area contributed by atoms with Crippen molar-refractivity contribution in [3.8, 4) is 5.75 Å². The van der Waals surface area contributed by atoms with Gasteiger partial charge in [-0.3, -0.25) is 20.4 Å². The number of nitro groups is 1. The van der Waals surface area contributed by atoms with E-state index in [-0.39, 0.29) is 5.75 Å². The van der Waals surface area contributed by atoms with Crippen molar-refractivity contribution in [2.24, 2.45) is 0 Å². The minimum Gasteiger partial charge on any atom is -0.476 e. The van der Waals surface area contributed by atoms with Gasteiger partial charge in [0.1, 0.15) is 6.20 Å². The van der Waals surface area contributed by atoms with Crippen LogP contribution in [0.1, 0.15) is 10.4 Å². The third-order valence-electron chi connectivity index (χ3n) is 2.63. The van der Waals surface area contributed by atoms with Crippen LogP contribution in [0, 0.1) is 10.1 Å². The van der Waals surface area contributed by atoms with Gasteiger partial charge < -0.3 is 14.9 Å². The molecule has 1 heterocycles. The molecule has 0 aliphatic carbocycles. The molecule has 0 saturated heterocycles. The molecular weight excluding hydrogens is 304 g/mol. The second kappa shape index (κ2) is 7.50. The van der Waals surface area contributed by atoms with E-state index in [1.165, 1.54) is 18.3 Å². The van der Waals surface area contributed by atoms with Crippen LogP contribution < -0.4 is 15.6 Å². The van der Waals surface area contributed by atoms with Gasteiger partial charge >= 0.3 is 5.82 Å². The van der Waals surface area contributed by atoms with Gasteiger partial charge in [0.15, 0.2) is 6.61 Å². The van der Waals surface area contributed by atoms with E-state index in [2.05, 4.69) is 15.8 Å². The van der Waals surface area contributed by atoms with Crippen molar-refractivity contribution in [3.05, 3.63) is 64.3 Å². The van der Waals surface area contributed by atoms with Gasteiger partial charge in [0.05, 0.1) is 0 Å². The van der Waals surface area contributed by atoms with Gasteiger partial charge in [-0.15, -0.1) is 0 Å². The molecule has 0 atom stereocenters. The van der Waals surface area contributed by atoms with Crippen LogP contribution in [0.15, 0.2) is 48.7 Å². The summed E-state index contributed by atoms with van der Waals surface area (Å²) < 4.78 is 5.03. The number of nitrogens with zero attached hydrogens (tertiary/aromatic N) is 2. The number of hydrogen-bond donors (Lipinski definition) is 2. The smallest absolute Gasteiger partial charge is 0.406 e. The Kier molecular flexibility index (Phi) is 5.18. The molecule has 0 aliphatic rings. The van der Waals surface area contributed by atoms with Crippen molar-refractivity contribution in [1.82, 2.24) is 15.8 Å². The summed E-state index contributed by atoms with van der Waals surface area (Å²) in [7, 11) is 0. The Labute approximate surface area is 130 Å². The van der Waals surface area contributed by atoms with E-state index < -0.39 is 29.2 Å². The second-order valence-corrected chi connectivity index (χ2v) is 4.24. The average molecular weight is 316 g/mol. The third kappa shape index (κ3) is 4.49. The molecule has 0 radical (unpaired) electrons. The first-order valence-electron chi connectivity index (χ1n) is 6.44. The molecule has 23 heavy (non-hydrogen) atoms. The fourth-order valence-corrected chi connectivity index (χ4v) is 1.60. The summed E-state index contributed by atoms with van der Waals surface area (Å²) in [4.78, 5) is 36.9. The van der Waals surface area contributed by atoms with Crippen LogP contribution in [0.5, 0.6) is 5.75 Å². The number of carbonyl (C=O) groups excluding carboxylic acids is 2. The van der Waals surface area contributed by atoms with E-state index in [0.29, 0.717) is 5.56 Å². The van der Waals surface area contributed by atoms with Gasteiger partial charge in [-0.2, -0.15) is 0 Å². The Bertz CT molecular complexity index is 720. The van der Waals surface area contributed by atoms with Crippen LogP contribution in [0.25, 0.3) is 0 Å². The summed E-state index contributed by atoms with van der Waals surface area (Å²) >= 11 is 0. The van der Waals surface area contributed by atoms with E-state index in [0.717, 1.165) is 0 Å². The highest BCUT2D eigenvalue weighted by molar-refractivity contribution is 5.95. The molecule has 1 aromatic heterocycles. The number of carbonyl (C=O) groups is 2. The summed E-state index contributed by atoms with van der Waals surface area (Å²) in [6, 6.07) is 11.0. The first-order chi connectivity index (χ1) is 11.1. The molecule has 0 unspecified atom stereocenters. The van der Waals surface area contributed by atoms with Crippen molar-refractivity contribution < 1.29 is 19.2 Å². The molecule has 0 saturated carbocycles. The van der Waals surface area contributed by atoms with Crippen LogP contribution in [0.2, 0.25) is 0 Å². The Hall–Kier alpha value is -3.49. The van der Waals surface area contributed by atoms with Gasteiger partial charge in [0, 0.05) is 5.56 Å². The van der Waals surface area contributed by atoms with E-state index in [4.69, 9.17) is 4.74 Å². The first-order valence-corrected chi connectivity index (χ1v) is 6.44. The average Bonchev–Trinajstić information content (AvgIpc) is 2.58.